The first-order valence-corrected chi connectivity index (χ1v) is 12.2. The number of allylic oxidation sites excluding steroid dienone is 2. The van der Waals surface area contributed by atoms with Gasteiger partial charge in [0.05, 0.1) is 29.8 Å². The van der Waals surface area contributed by atoms with E-state index in [9.17, 15) is 33.3 Å². The van der Waals surface area contributed by atoms with Gasteiger partial charge in [0.15, 0.2) is 0 Å². The summed E-state index contributed by atoms with van der Waals surface area (Å²) in [5.41, 5.74) is -0.855. The van der Waals surface area contributed by atoms with Crippen LogP contribution in [0, 0.1) is 11.8 Å². The van der Waals surface area contributed by atoms with Crippen molar-refractivity contribution in [1.82, 2.24) is 10.7 Å². The summed E-state index contributed by atoms with van der Waals surface area (Å²) in [6.45, 7) is -0.255. The third kappa shape index (κ3) is 11.5. The first-order chi connectivity index (χ1) is 18.0. The largest absolute Gasteiger partial charge is 0.491 e. The van der Waals surface area contributed by atoms with E-state index in [1.54, 1.807) is 6.08 Å². The number of hydrogen-bond donors (Lipinski definition) is 6. The van der Waals surface area contributed by atoms with Gasteiger partial charge >= 0.3 is 6.18 Å². The SMILES string of the molecule is O=C(CCC/C=C\C[C@@H]1[C@@H](/C=C/[C@@H](O)COc2cccc(C(F)(F)F)c2)[C@H](O)C[C@@H]1O)NCCON(O)O. The minimum absolute atomic E-state index is 0.0298. The standard InChI is InChI=1S/C25H35F3N2O8/c26-25(27,28)17-6-5-7-19(14-17)37-16-18(31)10-11-21-20(22(32)15-23(21)33)8-3-1-2-4-9-24(34)29-12-13-38-30(35)36/h1,3,5-7,10-11,14,18,20-23,31-33,35-36H,2,4,8-9,12-13,15-16H2,(H,29,34)/b3-1-,11-10+/t18-,20-,21-,22+,23-/m1/s1. The van der Waals surface area contributed by atoms with Gasteiger partial charge in [-0.1, -0.05) is 30.4 Å². The molecule has 1 aromatic rings. The highest BCUT2D eigenvalue weighted by molar-refractivity contribution is 5.75. The molecule has 5 atom stereocenters. The van der Waals surface area contributed by atoms with Crippen LogP contribution in [0.25, 0.3) is 0 Å². The van der Waals surface area contributed by atoms with Crippen molar-refractivity contribution in [3.05, 3.63) is 54.1 Å². The van der Waals surface area contributed by atoms with Crippen LogP contribution in [0.15, 0.2) is 48.6 Å². The maximum Gasteiger partial charge on any atom is 0.416 e. The summed E-state index contributed by atoms with van der Waals surface area (Å²) in [6, 6.07) is 4.34. The number of carbonyl (C=O) groups excluding carboxylic acids is 1. The number of alkyl halides is 3. The average molecular weight is 549 g/mol. The number of nitrogens with zero attached hydrogens (tertiary/aromatic N) is 1. The minimum Gasteiger partial charge on any atom is -0.491 e. The van der Waals surface area contributed by atoms with Crippen molar-refractivity contribution in [2.24, 2.45) is 11.8 Å². The number of benzene rings is 1. The normalized spacial score (nSPS) is 23.0. The van der Waals surface area contributed by atoms with Crippen molar-refractivity contribution in [2.45, 2.75) is 56.6 Å². The molecule has 13 heteroatoms. The maximum atomic E-state index is 12.8. The van der Waals surface area contributed by atoms with Gasteiger partial charge in [0.25, 0.3) is 0 Å². The highest BCUT2D eigenvalue weighted by Crippen LogP contribution is 2.36. The molecule has 1 fully saturated rings. The maximum absolute atomic E-state index is 12.8. The molecule has 0 heterocycles. The fourth-order valence-electron chi connectivity index (χ4n) is 4.12. The molecule has 0 spiro atoms. The highest BCUT2D eigenvalue weighted by Gasteiger charge is 2.39. The van der Waals surface area contributed by atoms with Crippen LogP contribution < -0.4 is 10.1 Å². The Morgan fingerprint density at radius 2 is 1.97 bits per heavy atom. The van der Waals surface area contributed by atoms with Gasteiger partial charge < -0.3 is 25.4 Å². The number of rotatable bonds is 15. The lowest BCUT2D eigenvalue weighted by Gasteiger charge is -2.19. The van der Waals surface area contributed by atoms with E-state index in [1.807, 2.05) is 12.2 Å². The van der Waals surface area contributed by atoms with Crippen LogP contribution in [0.2, 0.25) is 0 Å². The molecule has 0 aliphatic heterocycles. The first-order valence-electron chi connectivity index (χ1n) is 12.2. The fraction of sp³-hybridized carbons (Fsp3) is 0.560. The van der Waals surface area contributed by atoms with Crippen LogP contribution in [-0.2, 0) is 15.8 Å². The van der Waals surface area contributed by atoms with Crippen molar-refractivity contribution in [2.75, 3.05) is 19.8 Å². The van der Waals surface area contributed by atoms with E-state index in [1.165, 1.54) is 18.2 Å². The second-order valence-electron chi connectivity index (χ2n) is 8.94. The van der Waals surface area contributed by atoms with Gasteiger partial charge in [0.1, 0.15) is 18.5 Å². The molecule has 0 bridgehead atoms. The average Bonchev–Trinajstić information content (AvgIpc) is 3.12. The van der Waals surface area contributed by atoms with Crippen LogP contribution in [-0.4, -0.2) is 75.1 Å². The lowest BCUT2D eigenvalue weighted by Crippen LogP contribution is -2.29. The Balaban J connectivity index is 1.75. The van der Waals surface area contributed by atoms with Crippen molar-refractivity contribution in [3.63, 3.8) is 0 Å². The second kappa shape index (κ2) is 15.8. The van der Waals surface area contributed by atoms with Gasteiger partial charge in [0, 0.05) is 25.3 Å². The number of hydrogen-bond acceptors (Lipinski definition) is 9. The van der Waals surface area contributed by atoms with Crippen LogP contribution >= 0.6 is 0 Å². The molecule has 1 saturated carbocycles. The first kappa shape index (κ1) is 31.7. The fourth-order valence-corrected chi connectivity index (χ4v) is 4.12. The summed E-state index contributed by atoms with van der Waals surface area (Å²) in [4.78, 5) is 16.0. The molecule has 1 aliphatic carbocycles. The van der Waals surface area contributed by atoms with Crippen molar-refractivity contribution < 1.29 is 53.3 Å². The Hall–Kier alpha value is -2.52. The van der Waals surface area contributed by atoms with Gasteiger partial charge in [-0.15, -0.1) is 0 Å². The molecule has 0 saturated heterocycles. The summed E-state index contributed by atoms with van der Waals surface area (Å²) in [5, 5.41) is 49.8. The molecule has 0 radical (unpaired) electrons. The monoisotopic (exact) mass is 548 g/mol. The molecular weight excluding hydrogens is 513 g/mol. The third-order valence-electron chi connectivity index (χ3n) is 6.03. The molecule has 6 N–H and O–H groups in total. The molecule has 2 rings (SSSR count). The quantitative estimate of drug-likeness (QED) is 0.110. The number of unbranched alkanes of at least 4 members (excludes halogenated alkanes) is 1. The molecule has 1 amide bonds. The number of halogens is 3. The van der Waals surface area contributed by atoms with Crippen LogP contribution in [0.5, 0.6) is 5.75 Å². The number of amides is 1. The van der Waals surface area contributed by atoms with E-state index in [2.05, 4.69) is 10.2 Å². The number of carbonyl (C=O) groups is 1. The van der Waals surface area contributed by atoms with E-state index < -0.39 is 41.4 Å². The molecule has 1 aliphatic rings. The Labute approximate surface area is 218 Å². The zero-order chi connectivity index (χ0) is 28.1. The molecule has 10 nitrogen and oxygen atoms in total. The van der Waals surface area contributed by atoms with Crippen LogP contribution in [0.1, 0.15) is 37.7 Å². The second-order valence-corrected chi connectivity index (χ2v) is 8.94. The Morgan fingerprint density at radius 3 is 2.68 bits per heavy atom. The van der Waals surface area contributed by atoms with Crippen molar-refractivity contribution in [1.29, 1.82) is 0 Å². The molecule has 1 aromatic carbocycles. The molecule has 0 unspecified atom stereocenters. The Bertz CT molecular complexity index is 913. The lowest BCUT2D eigenvalue weighted by molar-refractivity contribution is -0.491. The summed E-state index contributed by atoms with van der Waals surface area (Å²) >= 11 is 0. The zero-order valence-corrected chi connectivity index (χ0v) is 20.7. The Morgan fingerprint density at radius 1 is 1.21 bits per heavy atom. The smallest absolute Gasteiger partial charge is 0.416 e. The summed E-state index contributed by atoms with van der Waals surface area (Å²) < 4.78 is 43.7. The Kier molecular flexibility index (Phi) is 13.2. The van der Waals surface area contributed by atoms with E-state index in [0.717, 1.165) is 12.1 Å². The highest BCUT2D eigenvalue weighted by atomic mass is 19.4. The number of aliphatic hydroxyl groups is 3. The van der Waals surface area contributed by atoms with Crippen LogP contribution in [0.4, 0.5) is 13.2 Å². The van der Waals surface area contributed by atoms with Gasteiger partial charge in [-0.3, -0.25) is 15.2 Å². The summed E-state index contributed by atoms with van der Waals surface area (Å²) in [6.07, 6.45) is 1.65. The predicted molar refractivity (Wildman–Crippen MR) is 128 cm³/mol. The molecular formula is C25H35F3N2O8. The molecule has 0 aromatic heterocycles. The summed E-state index contributed by atoms with van der Waals surface area (Å²) in [7, 11) is 0. The lowest BCUT2D eigenvalue weighted by atomic mass is 9.89. The third-order valence-corrected chi connectivity index (χ3v) is 6.03. The van der Waals surface area contributed by atoms with E-state index in [-0.39, 0.29) is 50.2 Å². The number of nitrogens with one attached hydrogen (secondary N) is 1. The van der Waals surface area contributed by atoms with Gasteiger partial charge in [-0.25, -0.2) is 4.84 Å². The topological polar surface area (TPSA) is 152 Å². The van der Waals surface area contributed by atoms with Gasteiger partial charge in [-0.05, 0) is 43.4 Å². The van der Waals surface area contributed by atoms with Crippen molar-refractivity contribution >= 4 is 5.91 Å². The van der Waals surface area contributed by atoms with Crippen molar-refractivity contribution in [3.8, 4) is 5.75 Å². The zero-order valence-electron chi connectivity index (χ0n) is 20.7. The van der Waals surface area contributed by atoms with Gasteiger partial charge in [0.2, 0.25) is 5.91 Å². The van der Waals surface area contributed by atoms with E-state index in [0.29, 0.717) is 19.3 Å². The number of ether oxygens (including phenoxy) is 1. The molecule has 38 heavy (non-hydrogen) atoms. The van der Waals surface area contributed by atoms with E-state index >= 15 is 0 Å². The predicted octanol–water partition coefficient (Wildman–Crippen LogP) is 2.60. The number of aliphatic hydroxyl groups excluding tert-OH is 3. The minimum atomic E-state index is -4.50. The van der Waals surface area contributed by atoms with Crippen LogP contribution in [0.3, 0.4) is 0 Å². The molecule has 214 valence electrons. The van der Waals surface area contributed by atoms with E-state index in [4.69, 9.17) is 15.2 Å². The van der Waals surface area contributed by atoms with Gasteiger partial charge in [-0.2, -0.15) is 13.2 Å². The summed E-state index contributed by atoms with van der Waals surface area (Å²) in [5.74, 6) is -0.966.